The molecule has 138 valence electrons. The summed E-state index contributed by atoms with van der Waals surface area (Å²) in [5.41, 5.74) is -0.550. The van der Waals surface area contributed by atoms with Crippen molar-refractivity contribution in [3.63, 3.8) is 0 Å². The van der Waals surface area contributed by atoms with Crippen LogP contribution in [-0.4, -0.2) is 37.2 Å². The molecular formula is C18H25NO5S. The van der Waals surface area contributed by atoms with Gasteiger partial charge in [-0.05, 0) is 57.4 Å². The molecule has 0 aliphatic heterocycles. The van der Waals surface area contributed by atoms with E-state index in [1.165, 1.54) is 24.3 Å². The van der Waals surface area contributed by atoms with Crippen LogP contribution in [0.25, 0.3) is 0 Å². The highest BCUT2D eigenvalue weighted by molar-refractivity contribution is 7.92. The van der Waals surface area contributed by atoms with Gasteiger partial charge in [-0.3, -0.25) is 9.59 Å². The molecule has 0 radical (unpaired) electrons. The van der Waals surface area contributed by atoms with Crippen molar-refractivity contribution in [2.75, 3.05) is 6.54 Å². The third kappa shape index (κ3) is 4.60. The van der Waals surface area contributed by atoms with Crippen molar-refractivity contribution in [3.05, 3.63) is 29.8 Å². The van der Waals surface area contributed by atoms with Crippen molar-refractivity contribution in [1.82, 2.24) is 5.32 Å². The highest BCUT2D eigenvalue weighted by Gasteiger charge is 2.30. The average Bonchev–Trinajstić information content (AvgIpc) is 3.10. The number of carbonyl (C=O) groups is 2. The van der Waals surface area contributed by atoms with Crippen molar-refractivity contribution in [3.8, 4) is 0 Å². The summed E-state index contributed by atoms with van der Waals surface area (Å²) in [7, 11) is -3.32. The molecular weight excluding hydrogens is 342 g/mol. The number of carboxylic acids is 1. The van der Waals surface area contributed by atoms with Crippen LogP contribution in [0.3, 0.4) is 0 Å². The standard InChI is InChI=1S/C18H25NO5S/c1-18(2,17(21)22)11-12-19-16(20)13-7-9-15(10-8-13)25(23,24)14-5-3-4-6-14/h7-10,14H,3-6,11-12H2,1-2H3,(H,19,20)(H,21,22). The molecule has 0 unspecified atom stereocenters. The Labute approximate surface area is 148 Å². The summed E-state index contributed by atoms with van der Waals surface area (Å²) in [5, 5.41) is 11.4. The van der Waals surface area contributed by atoms with Gasteiger partial charge in [-0.1, -0.05) is 12.8 Å². The molecule has 1 aromatic rings. The van der Waals surface area contributed by atoms with Gasteiger partial charge in [0.2, 0.25) is 0 Å². The number of nitrogens with one attached hydrogen (secondary N) is 1. The van der Waals surface area contributed by atoms with Gasteiger partial charge >= 0.3 is 5.97 Å². The maximum atomic E-state index is 12.5. The van der Waals surface area contributed by atoms with Crippen molar-refractivity contribution in [1.29, 1.82) is 0 Å². The number of aliphatic carboxylic acids is 1. The molecule has 0 aromatic heterocycles. The van der Waals surface area contributed by atoms with Crippen LogP contribution < -0.4 is 5.32 Å². The summed E-state index contributed by atoms with van der Waals surface area (Å²) < 4.78 is 25.0. The molecule has 0 spiro atoms. The Morgan fingerprint density at radius 1 is 1.16 bits per heavy atom. The van der Waals surface area contributed by atoms with E-state index >= 15 is 0 Å². The van der Waals surface area contributed by atoms with Gasteiger partial charge < -0.3 is 10.4 Å². The van der Waals surface area contributed by atoms with Gasteiger partial charge in [0, 0.05) is 12.1 Å². The molecule has 7 heteroatoms. The van der Waals surface area contributed by atoms with Crippen molar-refractivity contribution >= 4 is 21.7 Å². The number of benzene rings is 1. The first-order chi connectivity index (χ1) is 11.6. The zero-order valence-electron chi connectivity index (χ0n) is 14.6. The van der Waals surface area contributed by atoms with Gasteiger partial charge in [0.05, 0.1) is 15.6 Å². The van der Waals surface area contributed by atoms with Crippen molar-refractivity contribution in [2.24, 2.45) is 5.41 Å². The minimum Gasteiger partial charge on any atom is -0.481 e. The van der Waals surface area contributed by atoms with Gasteiger partial charge in [-0.15, -0.1) is 0 Å². The number of carbonyl (C=O) groups excluding carboxylic acids is 1. The molecule has 0 saturated heterocycles. The van der Waals surface area contributed by atoms with E-state index in [0.29, 0.717) is 24.8 Å². The fourth-order valence-electron chi connectivity index (χ4n) is 2.88. The van der Waals surface area contributed by atoms with Crippen LogP contribution in [0.2, 0.25) is 0 Å². The molecule has 1 aliphatic carbocycles. The molecule has 25 heavy (non-hydrogen) atoms. The summed E-state index contributed by atoms with van der Waals surface area (Å²) in [5.74, 6) is -1.26. The normalized spacial score (nSPS) is 15.9. The fraction of sp³-hybridized carbons (Fsp3) is 0.556. The number of carboxylic acid groups (broad SMARTS) is 1. The Hall–Kier alpha value is -1.89. The zero-order chi connectivity index (χ0) is 18.7. The zero-order valence-corrected chi connectivity index (χ0v) is 15.4. The average molecular weight is 367 g/mol. The van der Waals surface area contributed by atoms with E-state index in [1.54, 1.807) is 13.8 Å². The number of hydrogen-bond acceptors (Lipinski definition) is 4. The summed E-state index contributed by atoms with van der Waals surface area (Å²) in [6, 6.07) is 5.95. The molecule has 0 atom stereocenters. The largest absolute Gasteiger partial charge is 0.481 e. The first kappa shape index (κ1) is 19.4. The number of rotatable bonds is 7. The summed E-state index contributed by atoms with van der Waals surface area (Å²) in [6.07, 6.45) is 3.59. The van der Waals surface area contributed by atoms with E-state index < -0.39 is 21.2 Å². The van der Waals surface area contributed by atoms with E-state index in [-0.39, 0.29) is 22.6 Å². The lowest BCUT2D eigenvalue weighted by Crippen LogP contribution is -2.32. The van der Waals surface area contributed by atoms with Gasteiger partial charge in [0.15, 0.2) is 9.84 Å². The SMILES string of the molecule is CC(C)(CCNC(=O)c1ccc(S(=O)(=O)C2CCCC2)cc1)C(=O)O. The number of amides is 1. The van der Waals surface area contributed by atoms with E-state index in [9.17, 15) is 18.0 Å². The lowest BCUT2D eigenvalue weighted by atomic mass is 9.90. The molecule has 1 aliphatic rings. The maximum Gasteiger partial charge on any atom is 0.309 e. The first-order valence-electron chi connectivity index (χ1n) is 8.50. The molecule has 1 fully saturated rings. The topological polar surface area (TPSA) is 101 Å². The van der Waals surface area contributed by atoms with Gasteiger partial charge in [-0.25, -0.2) is 8.42 Å². The lowest BCUT2D eigenvalue weighted by Gasteiger charge is -2.18. The van der Waals surface area contributed by atoms with Crippen LogP contribution in [0, 0.1) is 5.41 Å². The predicted octanol–water partition coefficient (Wildman–Crippen LogP) is 2.63. The Bertz CT molecular complexity index is 731. The second kappa shape index (κ2) is 7.56. The molecule has 2 N–H and O–H groups in total. The van der Waals surface area contributed by atoms with Crippen LogP contribution >= 0.6 is 0 Å². The molecule has 0 bridgehead atoms. The van der Waals surface area contributed by atoms with E-state index in [1.807, 2.05) is 0 Å². The van der Waals surface area contributed by atoms with E-state index in [0.717, 1.165) is 12.8 Å². The third-order valence-electron chi connectivity index (χ3n) is 4.80. The Kier molecular flexibility index (Phi) is 5.87. The number of sulfone groups is 1. The minimum absolute atomic E-state index is 0.236. The first-order valence-corrected chi connectivity index (χ1v) is 10.0. The highest BCUT2D eigenvalue weighted by atomic mass is 32.2. The molecule has 1 saturated carbocycles. The molecule has 0 heterocycles. The fourth-order valence-corrected chi connectivity index (χ4v) is 4.74. The molecule has 6 nitrogen and oxygen atoms in total. The Balaban J connectivity index is 1.97. The lowest BCUT2D eigenvalue weighted by molar-refractivity contribution is -0.147. The Morgan fingerprint density at radius 3 is 2.24 bits per heavy atom. The second-order valence-corrected chi connectivity index (χ2v) is 9.40. The van der Waals surface area contributed by atoms with Crippen LogP contribution in [0.15, 0.2) is 29.2 Å². The summed E-state index contributed by atoms with van der Waals surface area (Å²) >= 11 is 0. The van der Waals surface area contributed by atoms with Gasteiger partial charge in [0.25, 0.3) is 5.91 Å². The predicted molar refractivity (Wildman–Crippen MR) is 94.3 cm³/mol. The third-order valence-corrected chi connectivity index (χ3v) is 7.08. The van der Waals surface area contributed by atoms with Crippen LogP contribution in [0.5, 0.6) is 0 Å². The summed E-state index contributed by atoms with van der Waals surface area (Å²) in [4.78, 5) is 23.4. The minimum atomic E-state index is -3.32. The van der Waals surface area contributed by atoms with Crippen LogP contribution in [-0.2, 0) is 14.6 Å². The van der Waals surface area contributed by atoms with Gasteiger partial charge in [-0.2, -0.15) is 0 Å². The maximum absolute atomic E-state index is 12.5. The quantitative estimate of drug-likeness (QED) is 0.771. The van der Waals surface area contributed by atoms with E-state index in [2.05, 4.69) is 5.32 Å². The second-order valence-electron chi connectivity index (χ2n) is 7.17. The Morgan fingerprint density at radius 2 is 1.72 bits per heavy atom. The van der Waals surface area contributed by atoms with Crippen molar-refractivity contribution in [2.45, 2.75) is 56.1 Å². The van der Waals surface area contributed by atoms with Crippen LogP contribution in [0.1, 0.15) is 56.3 Å². The smallest absolute Gasteiger partial charge is 0.309 e. The molecule has 1 aromatic carbocycles. The molecule has 2 rings (SSSR count). The van der Waals surface area contributed by atoms with Gasteiger partial charge in [0.1, 0.15) is 0 Å². The summed E-state index contributed by atoms with van der Waals surface area (Å²) in [6.45, 7) is 3.44. The number of hydrogen-bond donors (Lipinski definition) is 2. The van der Waals surface area contributed by atoms with E-state index in [4.69, 9.17) is 5.11 Å². The van der Waals surface area contributed by atoms with Crippen molar-refractivity contribution < 1.29 is 23.1 Å². The molecule has 1 amide bonds. The highest BCUT2D eigenvalue weighted by Crippen LogP contribution is 2.29. The monoisotopic (exact) mass is 367 g/mol. The van der Waals surface area contributed by atoms with Crippen LogP contribution in [0.4, 0.5) is 0 Å².